The van der Waals surface area contributed by atoms with E-state index in [1.54, 1.807) is 4.90 Å². The highest BCUT2D eigenvalue weighted by Crippen LogP contribution is 2.21. The van der Waals surface area contributed by atoms with Crippen LogP contribution in [0.2, 0.25) is 0 Å². The van der Waals surface area contributed by atoms with Gasteiger partial charge in [0.15, 0.2) is 5.76 Å². The van der Waals surface area contributed by atoms with Crippen molar-refractivity contribution in [1.29, 1.82) is 0 Å². The zero-order valence-corrected chi connectivity index (χ0v) is 15.1. The summed E-state index contributed by atoms with van der Waals surface area (Å²) in [6.07, 6.45) is 3.63. The highest BCUT2D eigenvalue weighted by Gasteiger charge is 2.29. The van der Waals surface area contributed by atoms with Gasteiger partial charge in [-0.3, -0.25) is 19.7 Å². The zero-order valence-electron chi connectivity index (χ0n) is 14.3. The maximum atomic E-state index is 12.4. The minimum Gasteiger partial charge on any atom is -0.395 e. The maximum Gasteiger partial charge on any atom is 0.433 e. The Morgan fingerprint density at radius 1 is 1.35 bits per heavy atom. The first-order chi connectivity index (χ1) is 12.0. The lowest BCUT2D eigenvalue weighted by Crippen LogP contribution is -2.46. The van der Waals surface area contributed by atoms with E-state index < -0.39 is 10.8 Å². The molecule has 0 spiro atoms. The SMILES string of the molecule is Cl.O=C(NCC1CCCN(C(=O)c2ccc([N+](=O)[O-])o2)C1)C1CCCN1. The largest absolute Gasteiger partial charge is 0.433 e. The van der Waals surface area contributed by atoms with Gasteiger partial charge in [-0.25, -0.2) is 0 Å². The van der Waals surface area contributed by atoms with Crippen LogP contribution >= 0.6 is 12.4 Å². The standard InChI is InChI=1S/C16H22N4O5.ClH/c21-15(12-4-1-7-17-12)18-9-11-3-2-8-19(10-11)16(22)13-5-6-14(25-13)20(23)24;/h5-6,11-12,17H,1-4,7-10H2,(H,18,21);1H. The first kappa shape index (κ1) is 20.2. The molecule has 26 heavy (non-hydrogen) atoms. The smallest absolute Gasteiger partial charge is 0.395 e. The number of hydrogen-bond donors (Lipinski definition) is 2. The second kappa shape index (κ2) is 9.00. The van der Waals surface area contributed by atoms with E-state index in [0.717, 1.165) is 32.2 Å². The summed E-state index contributed by atoms with van der Waals surface area (Å²) in [6.45, 7) is 2.49. The molecule has 2 fully saturated rings. The van der Waals surface area contributed by atoms with Crippen LogP contribution in [0.3, 0.4) is 0 Å². The number of nitrogens with one attached hydrogen (secondary N) is 2. The number of nitro groups is 1. The van der Waals surface area contributed by atoms with Crippen LogP contribution in [0, 0.1) is 16.0 Å². The number of furan rings is 1. The average molecular weight is 387 g/mol. The molecule has 2 N–H and O–H groups in total. The fraction of sp³-hybridized carbons (Fsp3) is 0.625. The van der Waals surface area contributed by atoms with Gasteiger partial charge in [0.25, 0.3) is 5.91 Å². The van der Waals surface area contributed by atoms with Gasteiger partial charge in [0.2, 0.25) is 5.91 Å². The average Bonchev–Trinajstić information content (AvgIpc) is 3.30. The maximum absolute atomic E-state index is 12.4. The van der Waals surface area contributed by atoms with Crippen LogP contribution in [-0.4, -0.2) is 53.9 Å². The second-order valence-electron chi connectivity index (χ2n) is 6.55. The van der Waals surface area contributed by atoms with E-state index in [1.807, 2.05) is 0 Å². The molecule has 0 saturated carbocycles. The van der Waals surface area contributed by atoms with Crippen molar-refractivity contribution in [3.8, 4) is 0 Å². The summed E-state index contributed by atoms with van der Waals surface area (Å²) < 4.78 is 4.99. The van der Waals surface area contributed by atoms with Crippen LogP contribution in [0.25, 0.3) is 0 Å². The zero-order chi connectivity index (χ0) is 17.8. The molecule has 10 heteroatoms. The van der Waals surface area contributed by atoms with Crippen LogP contribution in [0.1, 0.15) is 36.2 Å². The molecule has 2 aliphatic heterocycles. The molecule has 2 atom stereocenters. The van der Waals surface area contributed by atoms with Gasteiger partial charge in [-0.15, -0.1) is 12.4 Å². The van der Waals surface area contributed by atoms with Crippen LogP contribution in [-0.2, 0) is 4.79 Å². The van der Waals surface area contributed by atoms with Gasteiger partial charge in [-0.1, -0.05) is 0 Å². The van der Waals surface area contributed by atoms with Crippen molar-refractivity contribution < 1.29 is 18.9 Å². The minimum atomic E-state index is -0.664. The molecule has 0 bridgehead atoms. The van der Waals surface area contributed by atoms with Gasteiger partial charge in [0.05, 0.1) is 12.1 Å². The third kappa shape index (κ3) is 4.73. The Kier molecular flexibility index (Phi) is 6.98. The number of hydrogen-bond acceptors (Lipinski definition) is 6. The van der Waals surface area contributed by atoms with Crippen molar-refractivity contribution in [2.24, 2.45) is 5.92 Å². The molecule has 0 aliphatic carbocycles. The predicted molar refractivity (Wildman–Crippen MR) is 95.3 cm³/mol. The van der Waals surface area contributed by atoms with E-state index in [0.29, 0.717) is 19.6 Å². The molecule has 3 rings (SSSR count). The van der Waals surface area contributed by atoms with Gasteiger partial charge < -0.3 is 20.0 Å². The first-order valence-electron chi connectivity index (χ1n) is 8.59. The number of likely N-dealkylation sites (tertiary alicyclic amines) is 1. The molecule has 0 radical (unpaired) electrons. The van der Waals surface area contributed by atoms with Gasteiger partial charge in [0, 0.05) is 19.6 Å². The van der Waals surface area contributed by atoms with Gasteiger partial charge in [-0.05, 0) is 44.2 Å². The Labute approximate surface area is 157 Å². The lowest BCUT2D eigenvalue weighted by molar-refractivity contribution is -0.402. The Morgan fingerprint density at radius 2 is 2.15 bits per heavy atom. The van der Waals surface area contributed by atoms with Crippen molar-refractivity contribution in [3.63, 3.8) is 0 Å². The Balaban J connectivity index is 0.00000243. The third-order valence-corrected chi connectivity index (χ3v) is 4.73. The topological polar surface area (TPSA) is 118 Å². The molecule has 9 nitrogen and oxygen atoms in total. The molecule has 144 valence electrons. The Hall–Kier alpha value is -2.13. The van der Waals surface area contributed by atoms with E-state index in [9.17, 15) is 19.7 Å². The molecular weight excluding hydrogens is 364 g/mol. The number of carbonyl (C=O) groups is 2. The van der Waals surface area contributed by atoms with Gasteiger partial charge in [-0.2, -0.15) is 0 Å². The molecular formula is C16H23ClN4O5. The van der Waals surface area contributed by atoms with Crippen LogP contribution in [0.5, 0.6) is 0 Å². The van der Waals surface area contributed by atoms with Gasteiger partial charge >= 0.3 is 5.88 Å². The molecule has 3 heterocycles. The molecule has 2 amide bonds. The third-order valence-electron chi connectivity index (χ3n) is 4.73. The fourth-order valence-corrected chi connectivity index (χ4v) is 3.39. The minimum absolute atomic E-state index is 0. The summed E-state index contributed by atoms with van der Waals surface area (Å²) in [5.41, 5.74) is 0. The number of piperidine rings is 1. The number of carbonyl (C=O) groups excluding carboxylic acids is 2. The number of amides is 2. The van der Waals surface area contributed by atoms with Crippen molar-refractivity contribution in [2.45, 2.75) is 31.7 Å². The summed E-state index contributed by atoms with van der Waals surface area (Å²) in [4.78, 5) is 36.1. The highest BCUT2D eigenvalue weighted by atomic mass is 35.5. The molecule has 2 saturated heterocycles. The van der Waals surface area contributed by atoms with E-state index >= 15 is 0 Å². The second-order valence-corrected chi connectivity index (χ2v) is 6.55. The number of nitrogens with zero attached hydrogens (tertiary/aromatic N) is 2. The lowest BCUT2D eigenvalue weighted by atomic mass is 9.97. The van der Waals surface area contributed by atoms with Gasteiger partial charge in [0.1, 0.15) is 4.92 Å². The highest BCUT2D eigenvalue weighted by molar-refractivity contribution is 5.91. The summed E-state index contributed by atoms with van der Waals surface area (Å²) >= 11 is 0. The van der Waals surface area contributed by atoms with Crippen molar-refractivity contribution in [3.05, 3.63) is 28.0 Å². The molecule has 1 aromatic rings. The molecule has 0 aromatic carbocycles. The van der Waals surface area contributed by atoms with E-state index in [2.05, 4.69) is 10.6 Å². The van der Waals surface area contributed by atoms with Crippen LogP contribution in [0.15, 0.2) is 16.5 Å². The summed E-state index contributed by atoms with van der Waals surface area (Å²) in [5.74, 6) is -0.614. The fourth-order valence-electron chi connectivity index (χ4n) is 3.39. The quantitative estimate of drug-likeness (QED) is 0.582. The summed E-state index contributed by atoms with van der Waals surface area (Å²) in [6, 6.07) is 2.41. The predicted octanol–water partition coefficient (Wildman–Crippen LogP) is 1.33. The van der Waals surface area contributed by atoms with E-state index in [1.165, 1.54) is 12.1 Å². The summed E-state index contributed by atoms with van der Waals surface area (Å²) in [5, 5.41) is 16.8. The van der Waals surface area contributed by atoms with E-state index in [4.69, 9.17) is 4.42 Å². The lowest BCUT2D eigenvalue weighted by Gasteiger charge is -2.32. The molecule has 1 aromatic heterocycles. The van der Waals surface area contributed by atoms with Crippen molar-refractivity contribution >= 4 is 30.1 Å². The summed E-state index contributed by atoms with van der Waals surface area (Å²) in [7, 11) is 0. The first-order valence-corrected chi connectivity index (χ1v) is 8.59. The Bertz CT molecular complexity index is 659. The normalized spacial score (nSPS) is 22.5. The number of rotatable bonds is 5. The number of halogens is 1. The van der Waals surface area contributed by atoms with Crippen LogP contribution in [0.4, 0.5) is 5.88 Å². The van der Waals surface area contributed by atoms with Crippen molar-refractivity contribution in [2.75, 3.05) is 26.2 Å². The molecule has 2 unspecified atom stereocenters. The monoisotopic (exact) mass is 386 g/mol. The van der Waals surface area contributed by atoms with Crippen molar-refractivity contribution in [1.82, 2.24) is 15.5 Å². The Morgan fingerprint density at radius 3 is 2.81 bits per heavy atom. The van der Waals surface area contributed by atoms with E-state index in [-0.39, 0.29) is 41.9 Å². The molecule has 2 aliphatic rings. The van der Waals surface area contributed by atoms with Crippen LogP contribution < -0.4 is 10.6 Å².